The van der Waals surface area contributed by atoms with Gasteiger partial charge in [0.2, 0.25) is 0 Å². The Morgan fingerprint density at radius 2 is 1.82 bits per heavy atom. The molecule has 17 heavy (non-hydrogen) atoms. The summed E-state index contributed by atoms with van der Waals surface area (Å²) >= 11 is 0. The summed E-state index contributed by atoms with van der Waals surface area (Å²) in [5.74, 6) is 1.26. The molecule has 0 bridgehead atoms. The summed E-state index contributed by atoms with van der Waals surface area (Å²) in [5, 5.41) is 0. The van der Waals surface area contributed by atoms with Crippen molar-refractivity contribution in [2.45, 2.75) is 26.7 Å². The van der Waals surface area contributed by atoms with Gasteiger partial charge in [-0.1, -0.05) is 43.2 Å². The van der Waals surface area contributed by atoms with Crippen molar-refractivity contribution in [2.75, 3.05) is 5.73 Å². The third-order valence-corrected chi connectivity index (χ3v) is 2.61. The number of hydrogen-bond acceptors (Lipinski definition) is 3. The van der Waals surface area contributed by atoms with Crippen LogP contribution in [0.3, 0.4) is 0 Å². The summed E-state index contributed by atoms with van der Waals surface area (Å²) in [7, 11) is 0. The summed E-state index contributed by atoms with van der Waals surface area (Å²) in [6.07, 6.45) is 2.00. The van der Waals surface area contributed by atoms with E-state index in [4.69, 9.17) is 5.73 Å². The number of nitrogen functional groups attached to an aromatic ring is 1. The van der Waals surface area contributed by atoms with Gasteiger partial charge in [0.15, 0.2) is 5.82 Å². The van der Waals surface area contributed by atoms with E-state index >= 15 is 0 Å². The molecule has 3 nitrogen and oxygen atoms in total. The average molecular weight is 227 g/mol. The van der Waals surface area contributed by atoms with Crippen molar-refractivity contribution in [2.24, 2.45) is 0 Å². The van der Waals surface area contributed by atoms with E-state index in [2.05, 4.69) is 35.9 Å². The second-order valence-electron chi connectivity index (χ2n) is 4.22. The van der Waals surface area contributed by atoms with E-state index in [0.717, 1.165) is 24.1 Å². The van der Waals surface area contributed by atoms with Crippen LogP contribution in [0.2, 0.25) is 0 Å². The zero-order chi connectivity index (χ0) is 12.3. The lowest BCUT2D eigenvalue weighted by Crippen LogP contribution is -2.00. The van der Waals surface area contributed by atoms with Crippen molar-refractivity contribution in [3.05, 3.63) is 41.6 Å². The number of benzene rings is 1. The highest BCUT2D eigenvalue weighted by atomic mass is 14.9. The second-order valence-corrected chi connectivity index (χ2v) is 4.22. The molecule has 88 valence electrons. The molecule has 0 radical (unpaired) electrons. The zero-order valence-corrected chi connectivity index (χ0v) is 10.3. The first-order valence-electron chi connectivity index (χ1n) is 5.89. The Labute approximate surface area is 102 Å². The zero-order valence-electron chi connectivity index (χ0n) is 10.3. The van der Waals surface area contributed by atoms with Crippen molar-refractivity contribution in [3.63, 3.8) is 0 Å². The van der Waals surface area contributed by atoms with Crippen LogP contribution in [0.5, 0.6) is 0 Å². The molecule has 1 aromatic carbocycles. The van der Waals surface area contributed by atoms with E-state index in [1.807, 2.05) is 18.2 Å². The molecule has 0 saturated heterocycles. The van der Waals surface area contributed by atoms with Crippen molar-refractivity contribution in [3.8, 4) is 11.4 Å². The van der Waals surface area contributed by atoms with Gasteiger partial charge < -0.3 is 5.73 Å². The molecular weight excluding hydrogens is 210 g/mol. The topological polar surface area (TPSA) is 51.8 Å². The maximum Gasteiger partial charge on any atom is 0.161 e. The van der Waals surface area contributed by atoms with Crippen LogP contribution in [-0.2, 0) is 6.42 Å². The van der Waals surface area contributed by atoms with Crippen LogP contribution in [0.1, 0.15) is 24.6 Å². The van der Waals surface area contributed by atoms with Gasteiger partial charge in [-0.3, -0.25) is 0 Å². The minimum absolute atomic E-state index is 0.541. The highest BCUT2D eigenvalue weighted by Gasteiger charge is 2.04. The van der Waals surface area contributed by atoms with Crippen LogP contribution in [0.4, 0.5) is 5.82 Å². The summed E-state index contributed by atoms with van der Waals surface area (Å²) in [4.78, 5) is 8.81. The van der Waals surface area contributed by atoms with Crippen LogP contribution in [0.15, 0.2) is 30.3 Å². The molecule has 1 heterocycles. The Bertz CT molecular complexity index is 503. The smallest absolute Gasteiger partial charge is 0.161 e. The van der Waals surface area contributed by atoms with E-state index in [-0.39, 0.29) is 0 Å². The molecule has 0 spiro atoms. The molecule has 2 aromatic rings. The Kier molecular flexibility index (Phi) is 3.38. The number of aryl methyl sites for hydroxylation is 2. The highest BCUT2D eigenvalue weighted by Crippen LogP contribution is 2.18. The maximum absolute atomic E-state index is 5.81. The van der Waals surface area contributed by atoms with Crippen LogP contribution in [0, 0.1) is 6.92 Å². The number of rotatable bonds is 3. The van der Waals surface area contributed by atoms with Crippen molar-refractivity contribution in [1.82, 2.24) is 9.97 Å². The first-order valence-corrected chi connectivity index (χ1v) is 5.89. The third-order valence-electron chi connectivity index (χ3n) is 2.61. The van der Waals surface area contributed by atoms with Crippen molar-refractivity contribution in [1.29, 1.82) is 0 Å². The molecule has 0 aliphatic carbocycles. The first kappa shape index (κ1) is 11.6. The molecule has 0 unspecified atom stereocenters. The standard InChI is InChI=1S/C14H17N3/c1-3-4-12-9-13(15)17-14(16-12)11-7-5-10(2)6-8-11/h5-9H,3-4H2,1-2H3,(H2,15,16,17). The van der Waals surface area contributed by atoms with Crippen LogP contribution in [0.25, 0.3) is 11.4 Å². The summed E-state index contributed by atoms with van der Waals surface area (Å²) in [6, 6.07) is 10.0. The van der Waals surface area contributed by atoms with Crippen molar-refractivity contribution < 1.29 is 0 Å². The highest BCUT2D eigenvalue weighted by molar-refractivity contribution is 5.57. The van der Waals surface area contributed by atoms with E-state index < -0.39 is 0 Å². The van der Waals surface area contributed by atoms with Gasteiger partial charge in [0, 0.05) is 17.3 Å². The van der Waals surface area contributed by atoms with Gasteiger partial charge in [0.1, 0.15) is 5.82 Å². The number of nitrogens with two attached hydrogens (primary N) is 1. The average Bonchev–Trinajstić information content (AvgIpc) is 2.29. The predicted molar refractivity (Wildman–Crippen MR) is 70.6 cm³/mol. The van der Waals surface area contributed by atoms with Gasteiger partial charge in [0.25, 0.3) is 0 Å². The SMILES string of the molecule is CCCc1cc(N)nc(-c2ccc(C)cc2)n1. The van der Waals surface area contributed by atoms with Crippen LogP contribution < -0.4 is 5.73 Å². The van der Waals surface area contributed by atoms with Gasteiger partial charge in [-0.05, 0) is 13.3 Å². The van der Waals surface area contributed by atoms with Gasteiger partial charge in [0.05, 0.1) is 0 Å². The van der Waals surface area contributed by atoms with E-state index in [9.17, 15) is 0 Å². The fraction of sp³-hybridized carbons (Fsp3) is 0.286. The van der Waals surface area contributed by atoms with E-state index in [0.29, 0.717) is 11.6 Å². The summed E-state index contributed by atoms with van der Waals surface area (Å²) in [5.41, 5.74) is 9.06. The largest absolute Gasteiger partial charge is 0.384 e. The first-order chi connectivity index (χ1) is 8.19. The Morgan fingerprint density at radius 3 is 2.47 bits per heavy atom. The predicted octanol–water partition coefficient (Wildman–Crippen LogP) is 2.99. The molecule has 0 aliphatic heterocycles. The summed E-state index contributed by atoms with van der Waals surface area (Å²) in [6.45, 7) is 4.19. The van der Waals surface area contributed by atoms with Crippen LogP contribution >= 0.6 is 0 Å². The molecule has 3 heteroatoms. The number of anilines is 1. The van der Waals surface area contributed by atoms with Gasteiger partial charge in [-0.25, -0.2) is 9.97 Å². The molecule has 2 rings (SSSR count). The molecule has 0 aliphatic rings. The van der Waals surface area contributed by atoms with Gasteiger partial charge >= 0.3 is 0 Å². The molecule has 1 aromatic heterocycles. The Morgan fingerprint density at radius 1 is 1.12 bits per heavy atom. The minimum Gasteiger partial charge on any atom is -0.384 e. The maximum atomic E-state index is 5.81. The molecule has 0 saturated carbocycles. The number of aromatic nitrogens is 2. The molecule has 0 amide bonds. The van der Waals surface area contributed by atoms with Gasteiger partial charge in [-0.15, -0.1) is 0 Å². The molecule has 0 fully saturated rings. The van der Waals surface area contributed by atoms with Gasteiger partial charge in [-0.2, -0.15) is 0 Å². The van der Waals surface area contributed by atoms with E-state index in [1.54, 1.807) is 0 Å². The molecular formula is C14H17N3. The molecule has 2 N–H and O–H groups in total. The molecule has 0 atom stereocenters. The second kappa shape index (κ2) is 4.95. The van der Waals surface area contributed by atoms with Crippen molar-refractivity contribution >= 4 is 5.82 Å². The van der Waals surface area contributed by atoms with Crippen LogP contribution in [-0.4, -0.2) is 9.97 Å². The minimum atomic E-state index is 0.541. The summed E-state index contributed by atoms with van der Waals surface area (Å²) < 4.78 is 0. The van der Waals surface area contributed by atoms with E-state index in [1.165, 1.54) is 5.56 Å². The lowest BCUT2D eigenvalue weighted by Gasteiger charge is -2.05. The fourth-order valence-electron chi connectivity index (χ4n) is 1.73. The number of nitrogens with zero attached hydrogens (tertiary/aromatic N) is 2. The lowest BCUT2D eigenvalue weighted by atomic mass is 10.1. The third kappa shape index (κ3) is 2.81. The lowest BCUT2D eigenvalue weighted by molar-refractivity contribution is 0.877. The number of hydrogen-bond donors (Lipinski definition) is 1. The Balaban J connectivity index is 2.40. The monoisotopic (exact) mass is 227 g/mol. The Hall–Kier alpha value is -1.90. The quantitative estimate of drug-likeness (QED) is 0.877. The normalized spacial score (nSPS) is 10.5. The fourth-order valence-corrected chi connectivity index (χ4v) is 1.73.